The third-order valence-electron chi connectivity index (χ3n) is 3.82. The largest absolute Gasteiger partial charge is 0.444 e. The Morgan fingerprint density at radius 1 is 1.00 bits per heavy atom. The summed E-state index contributed by atoms with van der Waals surface area (Å²) in [6.45, 7) is 0. The van der Waals surface area contributed by atoms with Crippen LogP contribution in [0.15, 0.2) is 77.5 Å². The molecule has 0 unspecified atom stereocenters. The van der Waals surface area contributed by atoms with Crippen molar-refractivity contribution in [1.29, 1.82) is 0 Å². The highest BCUT2D eigenvalue weighted by molar-refractivity contribution is 6.00. The topological polar surface area (TPSA) is 68.0 Å². The van der Waals surface area contributed by atoms with Crippen LogP contribution in [-0.4, -0.2) is 15.9 Å². The van der Waals surface area contributed by atoms with Crippen LogP contribution < -0.4 is 5.32 Å². The summed E-state index contributed by atoms with van der Waals surface area (Å²) in [4.78, 5) is 21.1. The Hall–Kier alpha value is -3.47. The Morgan fingerprint density at radius 3 is 2.72 bits per heavy atom. The van der Waals surface area contributed by atoms with Crippen molar-refractivity contribution < 1.29 is 9.21 Å². The molecule has 0 saturated carbocycles. The second-order valence-corrected chi connectivity index (χ2v) is 5.62. The molecule has 2 aromatic heterocycles. The molecular formula is C20H15N3O2. The molecule has 1 N–H and O–H groups in total. The van der Waals surface area contributed by atoms with Crippen LogP contribution in [-0.2, 0) is 11.2 Å². The molecule has 0 radical (unpaired) electrons. The number of amides is 1. The smallest absolute Gasteiger partial charge is 0.230 e. The molecule has 0 aliphatic rings. The summed E-state index contributed by atoms with van der Waals surface area (Å²) in [5.41, 5.74) is 2.93. The number of oxazole rings is 1. The first kappa shape index (κ1) is 15.1. The van der Waals surface area contributed by atoms with E-state index in [1.54, 1.807) is 6.20 Å². The van der Waals surface area contributed by atoms with E-state index in [1.807, 2.05) is 60.7 Å². The average molecular weight is 329 g/mol. The van der Waals surface area contributed by atoms with Gasteiger partial charge in [-0.15, -0.1) is 0 Å². The summed E-state index contributed by atoms with van der Waals surface area (Å²) in [5.74, 6) is 0.348. The molecule has 5 nitrogen and oxygen atoms in total. The number of benzene rings is 2. The van der Waals surface area contributed by atoms with Crippen molar-refractivity contribution in [3.05, 3.63) is 78.8 Å². The van der Waals surface area contributed by atoms with Gasteiger partial charge in [-0.25, -0.2) is 4.98 Å². The Kier molecular flexibility index (Phi) is 3.96. The number of carbonyl (C=O) groups is 1. The molecule has 4 aromatic rings. The van der Waals surface area contributed by atoms with Crippen molar-refractivity contribution in [3.8, 4) is 11.5 Å². The monoisotopic (exact) mass is 329 g/mol. The maximum Gasteiger partial charge on any atom is 0.230 e. The quantitative estimate of drug-likeness (QED) is 0.613. The van der Waals surface area contributed by atoms with Crippen LogP contribution in [0.1, 0.15) is 5.69 Å². The minimum Gasteiger partial charge on any atom is -0.444 e. The number of nitrogens with zero attached hydrogens (tertiary/aromatic N) is 2. The zero-order valence-corrected chi connectivity index (χ0v) is 13.3. The van der Waals surface area contributed by atoms with E-state index in [1.165, 1.54) is 6.26 Å². The molecule has 0 spiro atoms. The van der Waals surface area contributed by atoms with Gasteiger partial charge in [0.25, 0.3) is 0 Å². The fraction of sp³-hybridized carbons (Fsp3) is 0.0500. The molecule has 0 atom stereocenters. The molecule has 0 saturated heterocycles. The van der Waals surface area contributed by atoms with Gasteiger partial charge in [-0.2, -0.15) is 0 Å². The zero-order valence-electron chi connectivity index (χ0n) is 13.3. The van der Waals surface area contributed by atoms with Gasteiger partial charge in [-0.05, 0) is 24.3 Å². The van der Waals surface area contributed by atoms with E-state index in [0.717, 1.165) is 16.5 Å². The van der Waals surface area contributed by atoms with Gasteiger partial charge in [-0.3, -0.25) is 9.78 Å². The summed E-state index contributed by atoms with van der Waals surface area (Å²) >= 11 is 0. The second-order valence-electron chi connectivity index (χ2n) is 5.62. The highest BCUT2D eigenvalue weighted by atomic mass is 16.3. The van der Waals surface area contributed by atoms with E-state index in [0.29, 0.717) is 17.3 Å². The molecule has 0 aliphatic heterocycles. The summed E-state index contributed by atoms with van der Waals surface area (Å²) in [7, 11) is 0. The number of anilines is 1. The lowest BCUT2D eigenvalue weighted by Gasteiger charge is -2.06. The Morgan fingerprint density at radius 2 is 1.84 bits per heavy atom. The first-order chi connectivity index (χ1) is 12.3. The molecule has 5 heteroatoms. The van der Waals surface area contributed by atoms with Gasteiger partial charge in [0.05, 0.1) is 23.3 Å². The maximum absolute atomic E-state index is 12.4. The Balaban J connectivity index is 1.50. The van der Waals surface area contributed by atoms with Crippen LogP contribution in [0.2, 0.25) is 0 Å². The predicted octanol–water partition coefficient (Wildman–Crippen LogP) is 4.07. The predicted molar refractivity (Wildman–Crippen MR) is 96.0 cm³/mol. The lowest BCUT2D eigenvalue weighted by molar-refractivity contribution is -0.115. The Bertz CT molecular complexity index is 1020. The number of fused-ring (bicyclic) bond motifs is 1. The molecule has 2 aromatic carbocycles. The van der Waals surface area contributed by atoms with Gasteiger partial charge in [0.1, 0.15) is 6.26 Å². The van der Waals surface area contributed by atoms with E-state index in [-0.39, 0.29) is 12.3 Å². The minimum atomic E-state index is -0.161. The molecule has 1 amide bonds. The minimum absolute atomic E-state index is 0.138. The van der Waals surface area contributed by atoms with Gasteiger partial charge in [0.2, 0.25) is 11.8 Å². The molecule has 122 valence electrons. The lowest BCUT2D eigenvalue weighted by Crippen LogP contribution is -2.15. The van der Waals surface area contributed by atoms with E-state index in [4.69, 9.17) is 4.42 Å². The first-order valence-electron chi connectivity index (χ1n) is 7.93. The van der Waals surface area contributed by atoms with Crippen LogP contribution in [0.3, 0.4) is 0 Å². The number of nitrogens with one attached hydrogen (secondary N) is 1. The van der Waals surface area contributed by atoms with Crippen LogP contribution >= 0.6 is 0 Å². The number of rotatable bonds is 4. The number of hydrogen-bond donors (Lipinski definition) is 1. The van der Waals surface area contributed by atoms with Gasteiger partial charge < -0.3 is 9.73 Å². The highest BCUT2D eigenvalue weighted by Crippen LogP contribution is 2.21. The van der Waals surface area contributed by atoms with Crippen LogP contribution in [0.4, 0.5) is 5.69 Å². The SMILES string of the molecule is O=C(Cc1coc(-c2ccccc2)n1)Nc1cccc2cccnc12. The summed E-state index contributed by atoms with van der Waals surface area (Å²) in [6, 6.07) is 19.1. The van der Waals surface area contributed by atoms with Gasteiger partial charge in [0.15, 0.2) is 0 Å². The molecule has 0 fully saturated rings. The number of carbonyl (C=O) groups excluding carboxylic acids is 1. The molecule has 0 bridgehead atoms. The van der Waals surface area contributed by atoms with Gasteiger partial charge in [0, 0.05) is 17.1 Å². The first-order valence-corrected chi connectivity index (χ1v) is 7.93. The third-order valence-corrected chi connectivity index (χ3v) is 3.82. The lowest BCUT2D eigenvalue weighted by atomic mass is 10.2. The maximum atomic E-state index is 12.4. The van der Waals surface area contributed by atoms with Crippen molar-refractivity contribution in [2.45, 2.75) is 6.42 Å². The summed E-state index contributed by atoms with van der Waals surface area (Å²) < 4.78 is 5.47. The number of aromatic nitrogens is 2. The molecule has 4 rings (SSSR count). The highest BCUT2D eigenvalue weighted by Gasteiger charge is 2.12. The standard InChI is InChI=1S/C20H15N3O2/c24-18(23-17-10-4-8-14-9-5-11-21-19(14)17)12-16-13-25-20(22-16)15-6-2-1-3-7-15/h1-11,13H,12H2,(H,23,24). The van der Waals surface area contributed by atoms with Crippen LogP contribution in [0.5, 0.6) is 0 Å². The summed E-state index contributed by atoms with van der Waals surface area (Å²) in [6.07, 6.45) is 3.37. The van der Waals surface area contributed by atoms with Gasteiger partial charge >= 0.3 is 0 Å². The van der Waals surface area contributed by atoms with E-state index < -0.39 is 0 Å². The van der Waals surface area contributed by atoms with E-state index >= 15 is 0 Å². The van der Waals surface area contributed by atoms with Crippen molar-refractivity contribution in [3.63, 3.8) is 0 Å². The molecular weight excluding hydrogens is 314 g/mol. The second kappa shape index (κ2) is 6.57. The number of pyridine rings is 1. The normalized spacial score (nSPS) is 10.7. The van der Waals surface area contributed by atoms with Crippen molar-refractivity contribution in [2.75, 3.05) is 5.32 Å². The fourth-order valence-corrected chi connectivity index (χ4v) is 2.67. The van der Waals surface area contributed by atoms with Crippen LogP contribution in [0.25, 0.3) is 22.4 Å². The molecule has 2 heterocycles. The molecule has 0 aliphatic carbocycles. The van der Waals surface area contributed by atoms with E-state index in [2.05, 4.69) is 15.3 Å². The molecule has 25 heavy (non-hydrogen) atoms. The third kappa shape index (κ3) is 3.26. The fourth-order valence-electron chi connectivity index (χ4n) is 2.67. The van der Waals surface area contributed by atoms with E-state index in [9.17, 15) is 4.79 Å². The van der Waals surface area contributed by atoms with Crippen molar-refractivity contribution >= 4 is 22.5 Å². The van der Waals surface area contributed by atoms with Crippen molar-refractivity contribution in [2.24, 2.45) is 0 Å². The number of hydrogen-bond acceptors (Lipinski definition) is 4. The van der Waals surface area contributed by atoms with Crippen molar-refractivity contribution in [1.82, 2.24) is 9.97 Å². The summed E-state index contributed by atoms with van der Waals surface area (Å²) in [5, 5.41) is 3.88. The zero-order chi connectivity index (χ0) is 17.1. The average Bonchev–Trinajstić information content (AvgIpc) is 3.11. The van der Waals surface area contributed by atoms with Crippen LogP contribution in [0, 0.1) is 0 Å². The number of para-hydroxylation sites is 1. The Labute approximate surface area is 144 Å². The van der Waals surface area contributed by atoms with Gasteiger partial charge in [-0.1, -0.05) is 36.4 Å².